The molecule has 2 heterocycles. The van der Waals surface area contributed by atoms with E-state index in [0.29, 0.717) is 19.6 Å². The molecule has 24 heavy (non-hydrogen) atoms. The van der Waals surface area contributed by atoms with E-state index in [-0.39, 0.29) is 18.5 Å². The van der Waals surface area contributed by atoms with Crippen LogP contribution in [0.4, 0.5) is 10.1 Å². The van der Waals surface area contributed by atoms with E-state index in [1.807, 2.05) is 6.92 Å². The molecule has 0 bridgehead atoms. The van der Waals surface area contributed by atoms with Gasteiger partial charge in [-0.2, -0.15) is 0 Å². The number of aryl methyl sites for hydroxylation is 1. The van der Waals surface area contributed by atoms with Gasteiger partial charge in [0.15, 0.2) is 0 Å². The van der Waals surface area contributed by atoms with Gasteiger partial charge < -0.3 is 14.7 Å². The monoisotopic (exact) mass is 336 g/mol. The number of rotatable bonds is 5. The lowest BCUT2D eigenvalue weighted by atomic mass is 9.99. The Morgan fingerprint density at radius 3 is 2.71 bits per heavy atom. The Bertz CT molecular complexity index is 523. The van der Waals surface area contributed by atoms with Crippen molar-refractivity contribution in [1.82, 2.24) is 4.90 Å². The average Bonchev–Trinajstić information content (AvgIpc) is 2.62. The lowest BCUT2D eigenvalue weighted by Crippen LogP contribution is -2.42. The van der Waals surface area contributed by atoms with Crippen LogP contribution in [0.1, 0.15) is 30.4 Å². The molecule has 1 N–H and O–H groups in total. The minimum Gasteiger partial charge on any atom is -0.395 e. The number of ether oxygens (including phenoxy) is 1. The number of piperidine rings is 1. The lowest BCUT2D eigenvalue weighted by Gasteiger charge is -2.34. The molecule has 0 aromatic heterocycles. The smallest absolute Gasteiger partial charge is 0.128 e. The van der Waals surface area contributed by atoms with E-state index in [1.54, 1.807) is 6.07 Å². The zero-order chi connectivity index (χ0) is 16.9. The fourth-order valence-electron chi connectivity index (χ4n) is 3.89. The zero-order valence-electron chi connectivity index (χ0n) is 14.6. The van der Waals surface area contributed by atoms with Crippen LogP contribution in [0.15, 0.2) is 12.1 Å². The normalized spacial score (nSPS) is 22.8. The Balaban J connectivity index is 1.67. The fraction of sp³-hybridized carbons (Fsp3) is 0.684. The third kappa shape index (κ3) is 4.08. The van der Waals surface area contributed by atoms with E-state index in [1.165, 1.54) is 12.8 Å². The molecule has 5 heteroatoms. The molecule has 0 amide bonds. The fourth-order valence-corrected chi connectivity index (χ4v) is 3.89. The number of aliphatic hydroxyl groups excluding tert-OH is 1. The van der Waals surface area contributed by atoms with E-state index >= 15 is 0 Å². The summed E-state index contributed by atoms with van der Waals surface area (Å²) >= 11 is 0. The van der Waals surface area contributed by atoms with Gasteiger partial charge in [-0.25, -0.2) is 4.39 Å². The van der Waals surface area contributed by atoms with Crippen molar-refractivity contribution in [3.05, 3.63) is 29.1 Å². The first-order chi connectivity index (χ1) is 11.7. The number of aliphatic hydroxyl groups is 1. The molecular formula is C19H29FN2O2. The number of likely N-dealkylation sites (tertiary alicyclic amines) is 1. The first-order valence-electron chi connectivity index (χ1n) is 9.15. The molecule has 0 radical (unpaired) electrons. The number of hydrogen-bond acceptors (Lipinski definition) is 4. The molecule has 4 nitrogen and oxygen atoms in total. The van der Waals surface area contributed by atoms with E-state index in [0.717, 1.165) is 49.4 Å². The zero-order valence-corrected chi connectivity index (χ0v) is 14.6. The van der Waals surface area contributed by atoms with Crippen molar-refractivity contribution in [1.29, 1.82) is 0 Å². The molecular weight excluding hydrogens is 307 g/mol. The Morgan fingerprint density at radius 2 is 2.00 bits per heavy atom. The van der Waals surface area contributed by atoms with E-state index in [2.05, 4.69) is 15.9 Å². The highest BCUT2D eigenvalue weighted by Crippen LogP contribution is 2.25. The van der Waals surface area contributed by atoms with E-state index in [9.17, 15) is 9.50 Å². The third-order valence-corrected chi connectivity index (χ3v) is 5.39. The van der Waals surface area contributed by atoms with Gasteiger partial charge in [0.1, 0.15) is 5.82 Å². The summed E-state index contributed by atoms with van der Waals surface area (Å²) in [6.45, 7) is 7.10. The second-order valence-electron chi connectivity index (χ2n) is 6.94. The molecule has 1 aromatic carbocycles. The van der Waals surface area contributed by atoms with Crippen LogP contribution in [-0.4, -0.2) is 62.0 Å². The first-order valence-corrected chi connectivity index (χ1v) is 9.15. The highest BCUT2D eigenvalue weighted by molar-refractivity contribution is 5.52. The molecule has 2 aliphatic rings. The molecule has 3 rings (SSSR count). The standard InChI is InChI=1S/C19H29FN2O2/c1-15-12-17(22-8-10-24-11-9-22)13-19(20)18(15)5-7-21-6-3-2-4-16(21)14-23/h12-13,16,23H,2-11,14H2,1H3/t16-/m0/s1. The molecule has 1 atom stereocenters. The Labute approximate surface area is 144 Å². The van der Waals surface area contributed by atoms with Crippen LogP contribution in [0.5, 0.6) is 0 Å². The molecule has 0 aliphatic carbocycles. The van der Waals surface area contributed by atoms with Crippen LogP contribution in [0.3, 0.4) is 0 Å². The second kappa shape index (κ2) is 8.28. The van der Waals surface area contributed by atoms with E-state index in [4.69, 9.17) is 4.74 Å². The van der Waals surface area contributed by atoms with Gasteiger partial charge in [0.05, 0.1) is 19.8 Å². The number of benzene rings is 1. The van der Waals surface area contributed by atoms with Crippen LogP contribution in [-0.2, 0) is 11.2 Å². The largest absolute Gasteiger partial charge is 0.395 e. The van der Waals surface area contributed by atoms with Crippen molar-refractivity contribution in [3.8, 4) is 0 Å². The maximum Gasteiger partial charge on any atom is 0.128 e. The van der Waals surface area contributed by atoms with Crippen molar-refractivity contribution >= 4 is 5.69 Å². The molecule has 134 valence electrons. The maximum absolute atomic E-state index is 14.7. The summed E-state index contributed by atoms with van der Waals surface area (Å²) in [5.74, 6) is -0.103. The summed E-state index contributed by atoms with van der Waals surface area (Å²) in [6, 6.07) is 4.02. The minimum absolute atomic E-state index is 0.103. The van der Waals surface area contributed by atoms with Crippen molar-refractivity contribution in [3.63, 3.8) is 0 Å². The van der Waals surface area contributed by atoms with Gasteiger partial charge in [-0.05, 0) is 56.0 Å². The third-order valence-electron chi connectivity index (χ3n) is 5.39. The summed E-state index contributed by atoms with van der Waals surface area (Å²) in [4.78, 5) is 4.51. The number of nitrogens with zero attached hydrogens (tertiary/aromatic N) is 2. The first kappa shape index (κ1) is 17.6. The molecule has 2 fully saturated rings. The van der Waals surface area contributed by atoms with Gasteiger partial charge in [-0.3, -0.25) is 4.90 Å². The molecule has 0 saturated carbocycles. The minimum atomic E-state index is -0.103. The van der Waals surface area contributed by atoms with Gasteiger partial charge in [0.2, 0.25) is 0 Å². The Hall–Kier alpha value is -1.17. The summed E-state index contributed by atoms with van der Waals surface area (Å²) in [5.41, 5.74) is 2.80. The predicted octanol–water partition coefficient (Wildman–Crippen LogP) is 2.36. The van der Waals surface area contributed by atoms with Crippen LogP contribution in [0.25, 0.3) is 0 Å². The second-order valence-corrected chi connectivity index (χ2v) is 6.94. The predicted molar refractivity (Wildman–Crippen MR) is 94.2 cm³/mol. The van der Waals surface area contributed by atoms with Crippen molar-refractivity contribution in [2.45, 2.75) is 38.6 Å². The molecule has 0 spiro atoms. The Kier molecular flexibility index (Phi) is 6.09. The van der Waals surface area contributed by atoms with Crippen LogP contribution >= 0.6 is 0 Å². The highest BCUT2D eigenvalue weighted by atomic mass is 19.1. The number of halogens is 1. The van der Waals surface area contributed by atoms with Crippen molar-refractivity contribution < 1.29 is 14.2 Å². The number of anilines is 1. The topological polar surface area (TPSA) is 35.9 Å². The average molecular weight is 336 g/mol. The van der Waals surface area contributed by atoms with Crippen LogP contribution < -0.4 is 4.90 Å². The summed E-state index contributed by atoms with van der Waals surface area (Å²) in [7, 11) is 0. The summed E-state index contributed by atoms with van der Waals surface area (Å²) < 4.78 is 20.0. The summed E-state index contributed by atoms with van der Waals surface area (Å²) in [6.07, 6.45) is 4.11. The number of morpholine rings is 1. The quantitative estimate of drug-likeness (QED) is 0.895. The molecule has 2 aliphatic heterocycles. The van der Waals surface area contributed by atoms with Gasteiger partial charge in [-0.15, -0.1) is 0 Å². The van der Waals surface area contributed by atoms with Crippen LogP contribution in [0.2, 0.25) is 0 Å². The lowest BCUT2D eigenvalue weighted by molar-refractivity contribution is 0.0911. The molecule has 0 unspecified atom stereocenters. The van der Waals surface area contributed by atoms with Crippen LogP contribution in [0, 0.1) is 12.7 Å². The van der Waals surface area contributed by atoms with Crippen molar-refractivity contribution in [2.75, 3.05) is 50.9 Å². The van der Waals surface area contributed by atoms with Gasteiger partial charge in [-0.1, -0.05) is 6.42 Å². The maximum atomic E-state index is 14.7. The Morgan fingerprint density at radius 1 is 1.21 bits per heavy atom. The van der Waals surface area contributed by atoms with Gasteiger partial charge >= 0.3 is 0 Å². The highest BCUT2D eigenvalue weighted by Gasteiger charge is 2.22. The molecule has 1 aromatic rings. The van der Waals surface area contributed by atoms with Gasteiger partial charge in [0.25, 0.3) is 0 Å². The van der Waals surface area contributed by atoms with E-state index < -0.39 is 0 Å². The number of hydrogen-bond donors (Lipinski definition) is 1. The molecule has 2 saturated heterocycles. The van der Waals surface area contributed by atoms with Gasteiger partial charge in [0, 0.05) is 31.4 Å². The van der Waals surface area contributed by atoms with Crippen molar-refractivity contribution in [2.24, 2.45) is 0 Å². The SMILES string of the molecule is Cc1cc(N2CCOCC2)cc(F)c1CCN1CCCC[C@H]1CO. The summed E-state index contributed by atoms with van der Waals surface area (Å²) in [5, 5.41) is 9.52.